The molecule has 0 aliphatic carbocycles. The van der Waals surface area contributed by atoms with E-state index >= 15 is 0 Å². The van der Waals surface area contributed by atoms with Crippen molar-refractivity contribution in [2.75, 3.05) is 0 Å². The van der Waals surface area contributed by atoms with Crippen molar-refractivity contribution in [2.24, 2.45) is 17.6 Å². The van der Waals surface area contributed by atoms with Gasteiger partial charge >= 0.3 is 0 Å². The number of aromatic nitrogens is 3. The standard InChI is InChI=1S/C45H59N9O8/c1-6-7-16-36(52-29(5)55)44(61)51-28(4)43(60)54-38(22-33-24-47-25-49-33)45(62)53-37(19-30-13-9-8-10-14-30)40(57)18-26(2)42(59)50-27(3)39(56)21-31(41(46)58)20-32-23-48-35-17-12-11-15-34(32)35/h8-15,17,23-28,31,36-38,48H,6-7,16,18-22H2,1-5H3,(H2,46,58)(H,47,49)(H,50,59)(H,51,61)(H,52,55)(H,53,62)(H,54,60)/t26-,27+,28+,31-,36+,37-,38+/m1/s1. The van der Waals surface area contributed by atoms with Gasteiger partial charge in [-0.05, 0) is 50.3 Å². The second-order valence-electron chi connectivity index (χ2n) is 15.9. The van der Waals surface area contributed by atoms with E-state index in [2.05, 4.69) is 41.5 Å². The number of benzene rings is 2. The average Bonchev–Trinajstić information content (AvgIpc) is 3.91. The van der Waals surface area contributed by atoms with Crippen LogP contribution in [0.15, 0.2) is 73.3 Å². The summed E-state index contributed by atoms with van der Waals surface area (Å²) >= 11 is 0. The summed E-state index contributed by atoms with van der Waals surface area (Å²) < 4.78 is 0. The second-order valence-corrected chi connectivity index (χ2v) is 15.9. The molecule has 4 aromatic rings. The number of para-hydroxylation sites is 1. The highest BCUT2D eigenvalue weighted by atomic mass is 16.2. The average molecular weight is 854 g/mol. The number of Topliss-reactive ketones (excluding diaryl/α,β-unsaturated/α-hetero) is 2. The number of nitrogens with two attached hydrogens (primary N) is 1. The van der Waals surface area contributed by atoms with E-state index in [4.69, 9.17) is 5.73 Å². The van der Waals surface area contributed by atoms with Crippen molar-refractivity contribution in [3.8, 4) is 0 Å². The van der Waals surface area contributed by atoms with Crippen molar-refractivity contribution in [1.29, 1.82) is 0 Å². The first-order chi connectivity index (χ1) is 29.6. The zero-order valence-corrected chi connectivity index (χ0v) is 35.9. The Morgan fingerprint density at radius 2 is 1.34 bits per heavy atom. The number of primary amides is 1. The summed E-state index contributed by atoms with van der Waals surface area (Å²) in [5.41, 5.74) is 8.65. The molecule has 0 spiro atoms. The third kappa shape index (κ3) is 14.5. The molecular weight excluding hydrogens is 795 g/mol. The number of rotatable bonds is 25. The van der Waals surface area contributed by atoms with E-state index in [-0.39, 0.29) is 32.1 Å². The number of hydrogen-bond donors (Lipinski definition) is 8. The van der Waals surface area contributed by atoms with Gasteiger partial charge in [0, 0.05) is 67.0 Å². The Morgan fingerprint density at radius 3 is 2.00 bits per heavy atom. The first kappa shape index (κ1) is 48.0. The van der Waals surface area contributed by atoms with Gasteiger partial charge in [-0.25, -0.2) is 4.98 Å². The van der Waals surface area contributed by atoms with Crippen LogP contribution in [0.3, 0.4) is 0 Å². The third-order valence-electron chi connectivity index (χ3n) is 10.7. The molecular formula is C45H59N9O8. The van der Waals surface area contributed by atoms with Crippen LogP contribution in [0.1, 0.15) is 83.5 Å². The number of nitrogens with one attached hydrogen (secondary N) is 7. The van der Waals surface area contributed by atoms with E-state index in [1.165, 1.54) is 40.2 Å². The van der Waals surface area contributed by atoms with E-state index in [9.17, 15) is 38.4 Å². The summed E-state index contributed by atoms with van der Waals surface area (Å²) in [5, 5.41) is 14.3. The van der Waals surface area contributed by atoms with Crippen LogP contribution in [0.4, 0.5) is 0 Å². The number of carbonyl (C=O) groups is 8. The molecule has 0 aliphatic rings. The van der Waals surface area contributed by atoms with E-state index in [1.807, 2.05) is 31.2 Å². The fourth-order valence-electron chi connectivity index (χ4n) is 7.02. The molecule has 0 fully saturated rings. The van der Waals surface area contributed by atoms with Gasteiger partial charge in [0.05, 0.1) is 18.4 Å². The number of amides is 6. The molecule has 4 rings (SSSR count). The monoisotopic (exact) mass is 853 g/mol. The molecule has 0 saturated carbocycles. The predicted molar refractivity (Wildman–Crippen MR) is 232 cm³/mol. The van der Waals surface area contributed by atoms with Gasteiger partial charge in [-0.3, -0.25) is 38.4 Å². The maximum atomic E-state index is 14.0. The lowest BCUT2D eigenvalue weighted by atomic mass is 9.91. The van der Waals surface area contributed by atoms with Crippen molar-refractivity contribution in [2.45, 2.75) is 116 Å². The SMILES string of the molecule is CCCC[C@H](NC(C)=O)C(=O)N[C@@H](C)C(=O)N[C@@H](Cc1cnc[nH]1)C(=O)N[C@H](Cc1ccccc1)C(=O)C[C@@H](C)C(=O)N[C@@H](C)C(=O)C[C@@H](Cc1c[nH]c2ccccc12)C(N)=O. The van der Waals surface area contributed by atoms with Gasteiger partial charge in [-0.15, -0.1) is 0 Å². The van der Waals surface area contributed by atoms with Gasteiger partial charge in [-0.1, -0.05) is 75.2 Å². The molecule has 7 atom stereocenters. The van der Waals surface area contributed by atoms with Crippen molar-refractivity contribution in [3.63, 3.8) is 0 Å². The lowest BCUT2D eigenvalue weighted by Crippen LogP contribution is -2.57. The van der Waals surface area contributed by atoms with Crippen LogP contribution in [0.5, 0.6) is 0 Å². The van der Waals surface area contributed by atoms with Gasteiger partial charge in [0.15, 0.2) is 11.6 Å². The van der Waals surface area contributed by atoms with Crippen LogP contribution in [0.2, 0.25) is 0 Å². The van der Waals surface area contributed by atoms with Gasteiger partial charge in [-0.2, -0.15) is 0 Å². The van der Waals surface area contributed by atoms with E-state index in [0.29, 0.717) is 18.5 Å². The topological polar surface area (TPSA) is 267 Å². The smallest absolute Gasteiger partial charge is 0.243 e. The van der Waals surface area contributed by atoms with Crippen LogP contribution in [-0.4, -0.2) is 92.2 Å². The Bertz CT molecular complexity index is 2170. The highest BCUT2D eigenvalue weighted by molar-refractivity contribution is 5.97. The number of H-pyrrole nitrogens is 2. The Morgan fingerprint density at radius 1 is 0.677 bits per heavy atom. The molecule has 0 saturated heterocycles. The summed E-state index contributed by atoms with van der Waals surface area (Å²) in [7, 11) is 0. The number of aromatic amines is 2. The normalized spacial score (nSPS) is 14.5. The number of imidazole rings is 1. The van der Waals surface area contributed by atoms with Crippen LogP contribution in [-0.2, 0) is 57.6 Å². The zero-order chi connectivity index (χ0) is 45.3. The van der Waals surface area contributed by atoms with Gasteiger partial charge < -0.3 is 42.3 Å². The molecule has 0 bridgehead atoms. The largest absolute Gasteiger partial charge is 0.369 e. The zero-order valence-electron chi connectivity index (χ0n) is 35.9. The first-order valence-electron chi connectivity index (χ1n) is 21.0. The molecule has 62 heavy (non-hydrogen) atoms. The van der Waals surface area contributed by atoms with Crippen LogP contribution in [0.25, 0.3) is 10.9 Å². The lowest BCUT2D eigenvalue weighted by molar-refractivity contribution is -0.135. The van der Waals surface area contributed by atoms with Gasteiger partial charge in [0.1, 0.15) is 18.1 Å². The summed E-state index contributed by atoms with van der Waals surface area (Å²) in [6.07, 6.45) is 6.26. The van der Waals surface area contributed by atoms with Crippen molar-refractivity contribution >= 4 is 57.9 Å². The fraction of sp³-hybridized carbons (Fsp3) is 0.444. The molecule has 0 radical (unpaired) electrons. The number of hydrogen-bond acceptors (Lipinski definition) is 9. The minimum atomic E-state index is -1.23. The number of unbranched alkanes of at least 4 members (excludes halogenated alkanes) is 1. The Balaban J connectivity index is 1.42. The maximum Gasteiger partial charge on any atom is 0.243 e. The summed E-state index contributed by atoms with van der Waals surface area (Å²) in [6.45, 7) is 7.74. The molecule has 17 nitrogen and oxygen atoms in total. The van der Waals surface area contributed by atoms with Crippen LogP contribution in [0, 0.1) is 11.8 Å². The molecule has 0 aliphatic heterocycles. The Kier molecular flexibility index (Phi) is 18.1. The number of nitrogens with zero attached hydrogens (tertiary/aromatic N) is 1. The second kappa shape index (κ2) is 23.4. The highest BCUT2D eigenvalue weighted by Gasteiger charge is 2.32. The quantitative estimate of drug-likeness (QED) is 0.0485. The predicted octanol–water partition coefficient (Wildman–Crippen LogP) is 2.25. The minimum Gasteiger partial charge on any atom is -0.369 e. The van der Waals surface area contributed by atoms with Crippen molar-refractivity contribution in [3.05, 3.63) is 90.1 Å². The maximum absolute atomic E-state index is 14.0. The number of ketones is 2. The highest BCUT2D eigenvalue weighted by Crippen LogP contribution is 2.23. The van der Waals surface area contributed by atoms with Crippen molar-refractivity contribution < 1.29 is 38.4 Å². The molecule has 9 N–H and O–H groups in total. The molecule has 2 aromatic heterocycles. The van der Waals surface area contributed by atoms with E-state index in [1.54, 1.807) is 36.5 Å². The summed E-state index contributed by atoms with van der Waals surface area (Å²) in [6, 6.07) is 11.2. The fourth-order valence-corrected chi connectivity index (χ4v) is 7.02. The van der Waals surface area contributed by atoms with Crippen LogP contribution >= 0.6 is 0 Å². The Hall–Kier alpha value is -6.65. The van der Waals surface area contributed by atoms with Gasteiger partial charge in [0.25, 0.3) is 0 Å². The molecule has 2 aromatic carbocycles. The summed E-state index contributed by atoms with van der Waals surface area (Å²) in [5.74, 6) is -6.16. The minimum absolute atomic E-state index is 0.0430. The molecule has 332 valence electrons. The summed E-state index contributed by atoms with van der Waals surface area (Å²) in [4.78, 5) is 116. The van der Waals surface area contributed by atoms with Crippen molar-refractivity contribution in [1.82, 2.24) is 41.5 Å². The lowest BCUT2D eigenvalue weighted by Gasteiger charge is -2.25. The molecule has 0 unspecified atom stereocenters. The van der Waals surface area contributed by atoms with E-state index < -0.39 is 89.1 Å². The third-order valence-corrected chi connectivity index (χ3v) is 10.7. The molecule has 6 amide bonds. The first-order valence-corrected chi connectivity index (χ1v) is 21.0. The molecule has 17 heteroatoms. The molecule has 2 heterocycles. The number of fused-ring (bicyclic) bond motifs is 1. The van der Waals surface area contributed by atoms with Crippen LogP contribution < -0.4 is 32.3 Å². The number of carbonyl (C=O) groups excluding carboxylic acids is 8. The Labute approximate surface area is 360 Å². The van der Waals surface area contributed by atoms with Gasteiger partial charge in [0.2, 0.25) is 35.4 Å². The van der Waals surface area contributed by atoms with E-state index in [0.717, 1.165) is 28.5 Å².